The Morgan fingerprint density at radius 3 is 2.27 bits per heavy atom. The van der Waals surface area contributed by atoms with Crippen molar-refractivity contribution in [1.82, 2.24) is 0 Å². The Kier molecular flexibility index (Phi) is 3.18. The van der Waals surface area contributed by atoms with E-state index in [2.05, 4.69) is 6.58 Å². The van der Waals surface area contributed by atoms with E-state index in [1.165, 1.54) is 49.7 Å². The highest BCUT2D eigenvalue weighted by Gasteiger charge is 2.52. The first-order chi connectivity index (χ1) is 10.6. The van der Waals surface area contributed by atoms with Gasteiger partial charge in [0.15, 0.2) is 0 Å². The van der Waals surface area contributed by atoms with Crippen molar-refractivity contribution in [3.63, 3.8) is 0 Å². The lowest BCUT2D eigenvalue weighted by atomic mass is 9.47. The highest BCUT2D eigenvalue weighted by molar-refractivity contribution is 5.88. The second-order valence-electron chi connectivity index (χ2n) is 7.87. The molecular formula is C20H24O2. The monoisotopic (exact) mass is 296 g/mol. The summed E-state index contributed by atoms with van der Waals surface area (Å²) in [5.74, 6) is 1.81. The Morgan fingerprint density at radius 1 is 1.18 bits per heavy atom. The molecule has 0 atom stereocenters. The van der Waals surface area contributed by atoms with Crippen molar-refractivity contribution in [2.75, 3.05) is 0 Å². The summed E-state index contributed by atoms with van der Waals surface area (Å²) in [4.78, 5) is 11.4. The van der Waals surface area contributed by atoms with Crippen molar-refractivity contribution in [2.45, 2.75) is 50.4 Å². The van der Waals surface area contributed by atoms with Crippen LogP contribution in [0.15, 0.2) is 30.9 Å². The fraction of sp³-hybridized carbons (Fsp3) is 0.550. The SMILES string of the molecule is C=CCc1ccc(C(=O)O)cc1C12CC3CC(CC(C3)C1)C2. The Morgan fingerprint density at radius 2 is 1.77 bits per heavy atom. The van der Waals surface area contributed by atoms with Crippen molar-refractivity contribution >= 4 is 5.97 Å². The van der Waals surface area contributed by atoms with Gasteiger partial charge < -0.3 is 5.11 Å². The van der Waals surface area contributed by atoms with Gasteiger partial charge in [-0.1, -0.05) is 12.1 Å². The predicted molar refractivity (Wildman–Crippen MR) is 87.2 cm³/mol. The molecule has 0 heterocycles. The maximum Gasteiger partial charge on any atom is 0.335 e. The first-order valence-corrected chi connectivity index (χ1v) is 8.57. The van der Waals surface area contributed by atoms with E-state index in [1.54, 1.807) is 6.07 Å². The van der Waals surface area contributed by atoms with Crippen molar-refractivity contribution in [3.8, 4) is 0 Å². The van der Waals surface area contributed by atoms with Gasteiger partial charge in [0.1, 0.15) is 0 Å². The Balaban J connectivity index is 1.81. The van der Waals surface area contributed by atoms with Crippen molar-refractivity contribution in [1.29, 1.82) is 0 Å². The minimum atomic E-state index is -0.809. The van der Waals surface area contributed by atoms with Crippen LogP contribution >= 0.6 is 0 Å². The maximum absolute atomic E-state index is 11.4. The maximum atomic E-state index is 11.4. The minimum Gasteiger partial charge on any atom is -0.478 e. The lowest BCUT2D eigenvalue weighted by molar-refractivity contribution is -0.00555. The summed E-state index contributed by atoms with van der Waals surface area (Å²) in [5.41, 5.74) is 3.31. The minimum absolute atomic E-state index is 0.249. The molecule has 0 unspecified atom stereocenters. The van der Waals surface area contributed by atoms with Gasteiger partial charge in [-0.15, -0.1) is 6.58 Å². The second-order valence-corrected chi connectivity index (χ2v) is 7.87. The van der Waals surface area contributed by atoms with Crippen LogP contribution in [0.2, 0.25) is 0 Å². The van der Waals surface area contributed by atoms with Crippen LogP contribution in [0, 0.1) is 17.8 Å². The number of carboxylic acid groups (broad SMARTS) is 1. The van der Waals surface area contributed by atoms with E-state index in [0.717, 1.165) is 24.2 Å². The summed E-state index contributed by atoms with van der Waals surface area (Å²) < 4.78 is 0. The zero-order valence-electron chi connectivity index (χ0n) is 13.1. The largest absolute Gasteiger partial charge is 0.478 e. The summed E-state index contributed by atoms with van der Waals surface area (Å²) in [6.07, 6.45) is 10.8. The van der Waals surface area contributed by atoms with Gasteiger partial charge in [-0.25, -0.2) is 4.79 Å². The fourth-order valence-electron chi connectivity index (χ4n) is 5.98. The number of rotatable bonds is 4. The number of aromatic carboxylic acids is 1. The highest BCUT2D eigenvalue weighted by atomic mass is 16.4. The van der Waals surface area contributed by atoms with Crippen molar-refractivity contribution < 1.29 is 9.90 Å². The normalized spacial score (nSPS) is 35.5. The Hall–Kier alpha value is -1.57. The summed E-state index contributed by atoms with van der Waals surface area (Å²) in [6, 6.07) is 5.76. The van der Waals surface area contributed by atoms with Gasteiger partial charge in [-0.2, -0.15) is 0 Å². The van der Waals surface area contributed by atoms with Crippen LogP contribution in [0.5, 0.6) is 0 Å². The van der Waals surface area contributed by atoms with Crippen LogP contribution in [0.1, 0.15) is 60.0 Å². The third kappa shape index (κ3) is 2.12. The zero-order valence-corrected chi connectivity index (χ0v) is 13.1. The third-order valence-corrected chi connectivity index (χ3v) is 6.33. The summed E-state index contributed by atoms with van der Waals surface area (Å²) in [6.45, 7) is 3.88. The molecule has 0 spiro atoms. The average Bonchev–Trinajstić information content (AvgIpc) is 2.46. The van der Waals surface area contributed by atoms with E-state index in [-0.39, 0.29) is 5.41 Å². The quantitative estimate of drug-likeness (QED) is 0.826. The number of benzene rings is 1. The van der Waals surface area contributed by atoms with E-state index < -0.39 is 5.97 Å². The molecule has 1 aromatic carbocycles. The number of carboxylic acids is 1. The molecule has 4 aliphatic rings. The molecule has 2 nitrogen and oxygen atoms in total. The van der Waals surface area contributed by atoms with E-state index in [4.69, 9.17) is 0 Å². The molecule has 0 radical (unpaired) electrons. The molecule has 0 saturated heterocycles. The molecule has 116 valence electrons. The van der Waals surface area contributed by atoms with Crippen LogP contribution < -0.4 is 0 Å². The molecule has 0 amide bonds. The molecule has 4 fully saturated rings. The van der Waals surface area contributed by atoms with Gasteiger partial charge in [0.05, 0.1) is 5.56 Å². The van der Waals surface area contributed by atoms with E-state index in [1.807, 2.05) is 18.2 Å². The molecule has 1 N–H and O–H groups in total. The zero-order chi connectivity index (χ0) is 15.3. The van der Waals surface area contributed by atoms with Crippen molar-refractivity contribution in [2.24, 2.45) is 17.8 Å². The Bertz CT molecular complexity index is 593. The molecule has 2 heteroatoms. The first kappa shape index (κ1) is 14.0. The van der Waals surface area contributed by atoms with Gasteiger partial charge in [0.2, 0.25) is 0 Å². The van der Waals surface area contributed by atoms with Crippen LogP contribution in [-0.2, 0) is 11.8 Å². The molecule has 22 heavy (non-hydrogen) atoms. The fourth-order valence-corrected chi connectivity index (χ4v) is 5.98. The molecule has 0 aliphatic heterocycles. The van der Waals surface area contributed by atoms with Gasteiger partial charge >= 0.3 is 5.97 Å². The lowest BCUT2D eigenvalue weighted by Gasteiger charge is -2.57. The summed E-state index contributed by atoms with van der Waals surface area (Å²) >= 11 is 0. The molecule has 4 bridgehead atoms. The second kappa shape index (κ2) is 4.97. The number of allylic oxidation sites excluding steroid dienone is 1. The molecule has 5 rings (SSSR count). The predicted octanol–water partition coefficient (Wildman–Crippen LogP) is 4.58. The molecule has 1 aromatic rings. The van der Waals surface area contributed by atoms with E-state index in [0.29, 0.717) is 5.56 Å². The average molecular weight is 296 g/mol. The van der Waals surface area contributed by atoms with Crippen LogP contribution in [-0.4, -0.2) is 11.1 Å². The third-order valence-electron chi connectivity index (χ3n) is 6.33. The molecule has 4 saturated carbocycles. The highest BCUT2D eigenvalue weighted by Crippen LogP contribution is 2.61. The Labute approximate surface area is 132 Å². The van der Waals surface area contributed by atoms with Crippen LogP contribution in [0.3, 0.4) is 0 Å². The number of hydrogen-bond donors (Lipinski definition) is 1. The van der Waals surface area contributed by atoms with Crippen LogP contribution in [0.4, 0.5) is 0 Å². The smallest absolute Gasteiger partial charge is 0.335 e. The summed E-state index contributed by atoms with van der Waals surface area (Å²) in [7, 11) is 0. The van der Waals surface area contributed by atoms with E-state index >= 15 is 0 Å². The van der Waals surface area contributed by atoms with Crippen molar-refractivity contribution in [3.05, 3.63) is 47.5 Å². The standard InChI is InChI=1S/C20H24O2/c1-2-3-16-4-5-17(19(21)22)9-18(16)20-10-13-6-14(11-20)8-15(7-13)12-20/h2,4-5,9,13-15H,1,3,6-8,10-12H2,(H,21,22). The van der Waals surface area contributed by atoms with Gasteiger partial charge in [-0.05, 0) is 91.4 Å². The van der Waals surface area contributed by atoms with Gasteiger partial charge in [0, 0.05) is 0 Å². The first-order valence-electron chi connectivity index (χ1n) is 8.57. The van der Waals surface area contributed by atoms with Gasteiger partial charge in [0.25, 0.3) is 0 Å². The van der Waals surface area contributed by atoms with Crippen LogP contribution in [0.25, 0.3) is 0 Å². The van der Waals surface area contributed by atoms with E-state index in [9.17, 15) is 9.90 Å². The lowest BCUT2D eigenvalue weighted by Crippen LogP contribution is -2.49. The molecular weight excluding hydrogens is 272 g/mol. The van der Waals surface area contributed by atoms with Gasteiger partial charge in [-0.3, -0.25) is 0 Å². The summed E-state index contributed by atoms with van der Waals surface area (Å²) in [5, 5.41) is 9.39. The topological polar surface area (TPSA) is 37.3 Å². The molecule has 4 aliphatic carbocycles. The molecule has 0 aromatic heterocycles. The number of hydrogen-bond acceptors (Lipinski definition) is 1. The number of carbonyl (C=O) groups is 1.